The van der Waals surface area contributed by atoms with Gasteiger partial charge in [0.2, 0.25) is 0 Å². The van der Waals surface area contributed by atoms with Crippen molar-refractivity contribution in [3.63, 3.8) is 0 Å². The first kappa shape index (κ1) is 12.6. The third-order valence-corrected chi connectivity index (χ3v) is 3.62. The lowest BCUT2D eigenvalue weighted by molar-refractivity contribution is 0.748. The fourth-order valence-electron chi connectivity index (χ4n) is 1.58. The molecule has 0 fully saturated rings. The second-order valence-corrected chi connectivity index (χ2v) is 5.18. The zero-order chi connectivity index (χ0) is 11.1. The van der Waals surface area contributed by atoms with Crippen LogP contribution in [0.25, 0.3) is 0 Å². The molecule has 0 aliphatic rings. The Morgan fingerprint density at radius 1 is 1.40 bits per heavy atom. The average molecular weight is 223 g/mol. The smallest absolute Gasteiger partial charge is 0.0171 e. The summed E-state index contributed by atoms with van der Waals surface area (Å²) in [6, 6.07) is 8.92. The Morgan fingerprint density at radius 3 is 2.87 bits per heavy atom. The number of rotatable bonds is 6. The van der Waals surface area contributed by atoms with E-state index in [9.17, 15) is 0 Å². The van der Waals surface area contributed by atoms with E-state index in [-0.39, 0.29) is 0 Å². The van der Waals surface area contributed by atoms with Crippen LogP contribution in [0.3, 0.4) is 0 Å². The molecule has 0 radical (unpaired) electrons. The third-order valence-electron chi connectivity index (χ3n) is 2.26. The first-order chi connectivity index (χ1) is 7.22. The zero-order valence-corrected chi connectivity index (χ0v) is 10.5. The predicted octanol–water partition coefficient (Wildman–Crippen LogP) is 3.01. The van der Waals surface area contributed by atoms with E-state index in [4.69, 9.17) is 5.73 Å². The molecule has 2 N–H and O–H groups in total. The van der Waals surface area contributed by atoms with Gasteiger partial charge >= 0.3 is 0 Å². The van der Waals surface area contributed by atoms with Crippen molar-refractivity contribution in [1.29, 1.82) is 0 Å². The minimum Gasteiger partial charge on any atom is -0.327 e. The van der Waals surface area contributed by atoms with Gasteiger partial charge in [-0.15, -0.1) is 0 Å². The van der Waals surface area contributed by atoms with Crippen LogP contribution in [0.2, 0.25) is 0 Å². The number of hydrogen-bond donors (Lipinski definition) is 1. The van der Waals surface area contributed by atoms with E-state index >= 15 is 0 Å². The van der Waals surface area contributed by atoms with Gasteiger partial charge in [0, 0.05) is 11.8 Å². The molecule has 0 aliphatic heterocycles. The highest BCUT2D eigenvalue weighted by Gasteiger charge is 2.03. The van der Waals surface area contributed by atoms with Crippen LogP contribution < -0.4 is 5.73 Å². The summed E-state index contributed by atoms with van der Waals surface area (Å²) in [6.45, 7) is 4.33. The lowest BCUT2D eigenvalue weighted by Crippen LogP contribution is -2.25. The Kier molecular flexibility index (Phi) is 5.81. The summed E-state index contributed by atoms with van der Waals surface area (Å²) in [5.41, 5.74) is 8.76. The summed E-state index contributed by atoms with van der Waals surface area (Å²) in [5, 5.41) is 0. The van der Waals surface area contributed by atoms with Gasteiger partial charge in [-0.05, 0) is 31.1 Å². The van der Waals surface area contributed by atoms with Gasteiger partial charge in [-0.3, -0.25) is 0 Å². The Balaban J connectivity index is 2.34. The third kappa shape index (κ3) is 5.24. The van der Waals surface area contributed by atoms with Gasteiger partial charge < -0.3 is 5.73 Å². The van der Waals surface area contributed by atoms with Gasteiger partial charge in [-0.1, -0.05) is 36.8 Å². The summed E-state index contributed by atoms with van der Waals surface area (Å²) >= 11 is 1.96. The Hall–Kier alpha value is -0.470. The molecule has 15 heavy (non-hydrogen) atoms. The molecular formula is C13H21NS. The maximum absolute atomic E-state index is 6.08. The number of thioether (sulfide) groups is 1. The van der Waals surface area contributed by atoms with Crippen molar-refractivity contribution in [2.24, 2.45) is 5.73 Å². The highest BCUT2D eigenvalue weighted by molar-refractivity contribution is 7.99. The molecule has 0 spiro atoms. The van der Waals surface area contributed by atoms with Gasteiger partial charge in [0.05, 0.1) is 0 Å². The van der Waals surface area contributed by atoms with Crippen LogP contribution in [-0.4, -0.2) is 17.5 Å². The van der Waals surface area contributed by atoms with Crippen molar-refractivity contribution in [2.45, 2.75) is 32.7 Å². The van der Waals surface area contributed by atoms with Crippen molar-refractivity contribution in [3.8, 4) is 0 Å². The van der Waals surface area contributed by atoms with Crippen molar-refractivity contribution in [1.82, 2.24) is 0 Å². The second-order valence-electron chi connectivity index (χ2n) is 4.03. The van der Waals surface area contributed by atoms with Crippen LogP contribution in [0.1, 0.15) is 24.5 Å². The highest BCUT2D eigenvalue weighted by atomic mass is 32.2. The molecule has 0 saturated carbocycles. The monoisotopic (exact) mass is 223 g/mol. The molecule has 1 rings (SSSR count). The largest absolute Gasteiger partial charge is 0.327 e. The summed E-state index contributed by atoms with van der Waals surface area (Å²) < 4.78 is 0. The minimum absolute atomic E-state index is 0.295. The summed E-state index contributed by atoms with van der Waals surface area (Å²) in [7, 11) is 0. The molecule has 1 unspecified atom stereocenters. The number of benzene rings is 1. The summed E-state index contributed by atoms with van der Waals surface area (Å²) in [6.07, 6.45) is 2.24. The molecule has 0 aliphatic carbocycles. The molecule has 84 valence electrons. The molecule has 0 saturated heterocycles. The molecule has 2 heteroatoms. The zero-order valence-electron chi connectivity index (χ0n) is 9.70. The average Bonchev–Trinajstić information content (AvgIpc) is 2.18. The van der Waals surface area contributed by atoms with Crippen LogP contribution in [0.4, 0.5) is 0 Å². The minimum atomic E-state index is 0.295. The van der Waals surface area contributed by atoms with E-state index in [0.29, 0.717) is 6.04 Å². The van der Waals surface area contributed by atoms with Crippen molar-refractivity contribution in [2.75, 3.05) is 11.5 Å². The van der Waals surface area contributed by atoms with Crippen LogP contribution in [0.5, 0.6) is 0 Å². The van der Waals surface area contributed by atoms with Gasteiger partial charge in [0.15, 0.2) is 0 Å². The number of aryl methyl sites for hydroxylation is 1. The van der Waals surface area contributed by atoms with Crippen molar-refractivity contribution < 1.29 is 0 Å². The van der Waals surface area contributed by atoms with E-state index in [0.717, 1.165) is 12.2 Å². The molecule has 1 aromatic carbocycles. The van der Waals surface area contributed by atoms with Gasteiger partial charge in [-0.2, -0.15) is 11.8 Å². The predicted molar refractivity (Wildman–Crippen MR) is 70.5 cm³/mol. The Labute approximate surface area is 97.4 Å². The molecule has 1 nitrogen and oxygen atoms in total. The highest BCUT2D eigenvalue weighted by Crippen LogP contribution is 2.10. The van der Waals surface area contributed by atoms with E-state index < -0.39 is 0 Å². The topological polar surface area (TPSA) is 26.0 Å². The first-order valence-electron chi connectivity index (χ1n) is 5.61. The van der Waals surface area contributed by atoms with E-state index in [1.54, 1.807) is 0 Å². The lowest BCUT2D eigenvalue weighted by Gasteiger charge is -2.11. The van der Waals surface area contributed by atoms with Crippen LogP contribution in [-0.2, 0) is 6.42 Å². The first-order valence-corrected chi connectivity index (χ1v) is 6.76. The van der Waals surface area contributed by atoms with Crippen LogP contribution >= 0.6 is 11.8 Å². The van der Waals surface area contributed by atoms with E-state index in [1.807, 2.05) is 11.8 Å². The molecule has 1 atom stereocenters. The van der Waals surface area contributed by atoms with E-state index in [1.165, 1.54) is 23.3 Å². The van der Waals surface area contributed by atoms with Gasteiger partial charge in [0.1, 0.15) is 0 Å². The molecule has 0 heterocycles. The molecule has 0 bridgehead atoms. The number of nitrogens with two attached hydrogens (primary N) is 1. The maximum atomic E-state index is 6.08. The molecule has 0 amide bonds. The summed E-state index contributed by atoms with van der Waals surface area (Å²) in [5.74, 6) is 2.29. The molecule has 1 aromatic rings. The quantitative estimate of drug-likeness (QED) is 0.750. The Morgan fingerprint density at radius 2 is 2.20 bits per heavy atom. The lowest BCUT2D eigenvalue weighted by atomic mass is 10.1. The van der Waals surface area contributed by atoms with Crippen molar-refractivity contribution >= 4 is 11.8 Å². The maximum Gasteiger partial charge on any atom is 0.0171 e. The van der Waals surface area contributed by atoms with Gasteiger partial charge in [0.25, 0.3) is 0 Å². The van der Waals surface area contributed by atoms with E-state index in [2.05, 4.69) is 38.1 Å². The molecule has 0 aromatic heterocycles. The fraction of sp³-hybridized carbons (Fsp3) is 0.538. The van der Waals surface area contributed by atoms with Crippen molar-refractivity contribution in [3.05, 3.63) is 35.4 Å². The molecular weight excluding hydrogens is 202 g/mol. The number of hydrogen-bond acceptors (Lipinski definition) is 2. The Bertz CT molecular complexity index is 286. The SMILES string of the molecule is CCCSCC(N)Cc1cccc(C)c1. The fourth-order valence-corrected chi connectivity index (χ4v) is 2.46. The summed E-state index contributed by atoms with van der Waals surface area (Å²) in [4.78, 5) is 0. The standard InChI is InChI=1S/C13H21NS/c1-3-7-15-10-13(14)9-12-6-4-5-11(2)8-12/h4-6,8,13H,3,7,9-10,14H2,1-2H3. The van der Waals surface area contributed by atoms with Gasteiger partial charge in [-0.25, -0.2) is 0 Å². The second kappa shape index (κ2) is 6.91. The van der Waals surface area contributed by atoms with Crippen LogP contribution in [0.15, 0.2) is 24.3 Å². The normalized spacial score (nSPS) is 12.7. The van der Waals surface area contributed by atoms with Crippen LogP contribution in [0, 0.1) is 6.92 Å².